The monoisotopic (exact) mass is 405 g/mol. The summed E-state index contributed by atoms with van der Waals surface area (Å²) in [5, 5.41) is 4.10. The van der Waals surface area contributed by atoms with Crippen LogP contribution in [0, 0.1) is 6.92 Å². The molecule has 5 rings (SSSR count). The quantitative estimate of drug-likeness (QED) is 0.510. The maximum Gasteiger partial charge on any atom is 0.334 e. The van der Waals surface area contributed by atoms with Crippen LogP contribution in [0.15, 0.2) is 62.9 Å². The second-order valence-corrected chi connectivity index (χ2v) is 7.43. The summed E-state index contributed by atoms with van der Waals surface area (Å²) in [5.74, 6) is 0.953. The Kier molecular flexibility index (Phi) is 4.51. The number of fused-ring (bicyclic) bond motifs is 1. The number of rotatable bonds is 4. The van der Waals surface area contributed by atoms with Crippen molar-refractivity contribution in [2.45, 2.75) is 31.9 Å². The van der Waals surface area contributed by atoms with Crippen molar-refractivity contribution in [3.63, 3.8) is 0 Å². The molecular weight excluding hydrogens is 386 g/mol. The van der Waals surface area contributed by atoms with Gasteiger partial charge >= 0.3 is 5.69 Å². The van der Waals surface area contributed by atoms with Gasteiger partial charge in [-0.25, -0.2) is 4.79 Å². The average molecular weight is 405 g/mol. The maximum absolute atomic E-state index is 12.6. The maximum atomic E-state index is 12.6. The normalized spacial score (nSPS) is 18.8. The van der Waals surface area contributed by atoms with Gasteiger partial charge in [0.15, 0.2) is 5.82 Å². The molecule has 0 aliphatic carbocycles. The highest BCUT2D eigenvalue weighted by molar-refractivity contribution is 5.34. The molecule has 1 saturated heterocycles. The van der Waals surface area contributed by atoms with Crippen LogP contribution in [0.25, 0.3) is 5.65 Å². The molecule has 9 nitrogen and oxygen atoms in total. The van der Waals surface area contributed by atoms with E-state index in [1.165, 1.54) is 26.8 Å². The van der Waals surface area contributed by atoms with Crippen LogP contribution in [-0.2, 0) is 11.3 Å². The van der Waals surface area contributed by atoms with E-state index < -0.39 is 5.56 Å². The predicted molar refractivity (Wildman–Crippen MR) is 106 cm³/mol. The molecular formula is C21H19N5O4. The third-order valence-corrected chi connectivity index (χ3v) is 5.29. The van der Waals surface area contributed by atoms with Crippen LogP contribution >= 0.6 is 0 Å². The molecule has 9 heteroatoms. The molecule has 152 valence electrons. The van der Waals surface area contributed by atoms with Crippen molar-refractivity contribution in [1.82, 2.24) is 24.1 Å². The molecule has 0 spiro atoms. The Morgan fingerprint density at radius 2 is 1.90 bits per heavy atom. The number of ether oxygens (including phenoxy) is 1. The molecule has 0 unspecified atom stereocenters. The fourth-order valence-electron chi connectivity index (χ4n) is 3.64. The summed E-state index contributed by atoms with van der Waals surface area (Å²) in [5.41, 5.74) is 1.91. The molecule has 3 aromatic heterocycles. The number of hydrogen-bond donors (Lipinski definition) is 0. The molecule has 1 aromatic carbocycles. The lowest BCUT2D eigenvalue weighted by Crippen LogP contribution is -2.28. The molecule has 0 bridgehead atoms. The van der Waals surface area contributed by atoms with Gasteiger partial charge in [0.1, 0.15) is 12.2 Å². The first-order valence-electron chi connectivity index (χ1n) is 9.66. The number of benzene rings is 1. The molecule has 4 heterocycles. The van der Waals surface area contributed by atoms with Gasteiger partial charge in [0, 0.05) is 24.4 Å². The van der Waals surface area contributed by atoms with E-state index in [2.05, 4.69) is 46.3 Å². The van der Waals surface area contributed by atoms with Gasteiger partial charge in [-0.1, -0.05) is 35.0 Å². The minimum atomic E-state index is -0.392. The Balaban J connectivity index is 1.33. The molecule has 0 N–H and O–H groups in total. The van der Waals surface area contributed by atoms with Gasteiger partial charge < -0.3 is 9.26 Å². The summed E-state index contributed by atoms with van der Waals surface area (Å²) < 4.78 is 14.0. The van der Waals surface area contributed by atoms with Gasteiger partial charge in [-0.2, -0.15) is 9.97 Å². The van der Waals surface area contributed by atoms with Crippen molar-refractivity contribution in [2.24, 2.45) is 0 Å². The zero-order valence-corrected chi connectivity index (χ0v) is 16.3. The summed E-state index contributed by atoms with van der Waals surface area (Å²) in [6.07, 6.45) is 3.75. The summed E-state index contributed by atoms with van der Waals surface area (Å²) in [4.78, 5) is 32.2. The van der Waals surface area contributed by atoms with Crippen LogP contribution in [0.4, 0.5) is 0 Å². The average Bonchev–Trinajstić information content (AvgIpc) is 3.40. The van der Waals surface area contributed by atoms with E-state index in [4.69, 9.17) is 9.26 Å². The van der Waals surface area contributed by atoms with Crippen LogP contribution in [-0.4, -0.2) is 30.7 Å². The second-order valence-electron chi connectivity index (χ2n) is 7.43. The number of aryl methyl sites for hydroxylation is 1. The predicted octanol–water partition coefficient (Wildman–Crippen LogP) is 1.84. The van der Waals surface area contributed by atoms with Crippen LogP contribution in [0.5, 0.6) is 0 Å². The Morgan fingerprint density at radius 1 is 1.07 bits per heavy atom. The highest BCUT2D eigenvalue weighted by Crippen LogP contribution is 2.37. The third-order valence-electron chi connectivity index (χ3n) is 5.29. The molecule has 30 heavy (non-hydrogen) atoms. The molecule has 4 aromatic rings. The number of aromatic nitrogens is 5. The van der Waals surface area contributed by atoms with Gasteiger partial charge in [-0.15, -0.1) is 0 Å². The zero-order valence-electron chi connectivity index (χ0n) is 16.3. The van der Waals surface area contributed by atoms with E-state index in [9.17, 15) is 9.59 Å². The molecule has 0 radical (unpaired) electrons. The molecule has 0 amide bonds. The molecule has 2 atom stereocenters. The summed E-state index contributed by atoms with van der Waals surface area (Å²) in [6, 6.07) is 11.2. The fraction of sp³-hybridized carbons (Fsp3) is 0.286. The van der Waals surface area contributed by atoms with Crippen molar-refractivity contribution in [3.8, 4) is 0 Å². The topological polar surface area (TPSA) is 105 Å². The smallest absolute Gasteiger partial charge is 0.334 e. The minimum Gasteiger partial charge on any atom is -0.373 e. The van der Waals surface area contributed by atoms with Gasteiger partial charge in [0.25, 0.3) is 5.56 Å². The third kappa shape index (κ3) is 3.43. The van der Waals surface area contributed by atoms with Crippen molar-refractivity contribution in [3.05, 3.63) is 92.5 Å². The van der Waals surface area contributed by atoms with Crippen molar-refractivity contribution in [2.75, 3.05) is 6.61 Å². The van der Waals surface area contributed by atoms with Crippen LogP contribution in [0.1, 0.15) is 41.3 Å². The van der Waals surface area contributed by atoms with Crippen LogP contribution < -0.4 is 11.2 Å². The van der Waals surface area contributed by atoms with E-state index in [0.29, 0.717) is 24.0 Å². The van der Waals surface area contributed by atoms with Gasteiger partial charge in [0.05, 0.1) is 12.7 Å². The summed E-state index contributed by atoms with van der Waals surface area (Å²) in [6.45, 7) is 2.70. The lowest BCUT2D eigenvalue weighted by Gasteiger charge is -2.09. The Hall–Kier alpha value is -3.59. The van der Waals surface area contributed by atoms with E-state index >= 15 is 0 Å². The van der Waals surface area contributed by atoms with Crippen LogP contribution in [0.3, 0.4) is 0 Å². The first-order valence-corrected chi connectivity index (χ1v) is 9.66. The summed E-state index contributed by atoms with van der Waals surface area (Å²) >= 11 is 0. The second kappa shape index (κ2) is 7.34. The highest BCUT2D eigenvalue weighted by atomic mass is 16.5. The standard InChI is InChI=1S/C21H19N5O4/c1-13-2-4-14(5-3-13)16-10-15(12-29-16)20-23-19(30-24-20)11-25-8-6-17-22-18(27)7-9-26(17)21(25)28/h2-9,15-16H,10-12H2,1H3/t15-,16+/m0/s1. The highest BCUT2D eigenvalue weighted by Gasteiger charge is 2.31. The van der Waals surface area contributed by atoms with E-state index in [-0.39, 0.29) is 24.3 Å². The first-order chi connectivity index (χ1) is 14.6. The Bertz CT molecular complexity index is 1320. The van der Waals surface area contributed by atoms with E-state index in [1.54, 1.807) is 12.3 Å². The Morgan fingerprint density at radius 3 is 2.73 bits per heavy atom. The molecule has 1 fully saturated rings. The number of hydrogen-bond acceptors (Lipinski definition) is 7. The van der Waals surface area contributed by atoms with Crippen LogP contribution in [0.2, 0.25) is 0 Å². The van der Waals surface area contributed by atoms with E-state index in [0.717, 1.165) is 12.0 Å². The van der Waals surface area contributed by atoms with Crippen molar-refractivity contribution >= 4 is 5.65 Å². The minimum absolute atomic E-state index is 0.00969. The lowest BCUT2D eigenvalue weighted by molar-refractivity contribution is 0.110. The van der Waals surface area contributed by atoms with Gasteiger partial charge in [-0.3, -0.25) is 13.8 Å². The van der Waals surface area contributed by atoms with Crippen molar-refractivity contribution in [1.29, 1.82) is 0 Å². The summed E-state index contributed by atoms with van der Waals surface area (Å²) in [7, 11) is 0. The number of nitrogens with zero attached hydrogens (tertiary/aromatic N) is 5. The molecule has 0 saturated carbocycles. The van der Waals surface area contributed by atoms with Gasteiger partial charge in [0.2, 0.25) is 5.89 Å². The van der Waals surface area contributed by atoms with Crippen molar-refractivity contribution < 1.29 is 9.26 Å². The SMILES string of the molecule is Cc1ccc([C@H]2C[C@H](c3noc(Cn4ccc5nc(=O)ccn5c4=O)n3)CO2)cc1. The Labute approximate surface area is 170 Å². The largest absolute Gasteiger partial charge is 0.373 e. The van der Waals surface area contributed by atoms with E-state index in [1.807, 2.05) is 0 Å². The lowest BCUT2D eigenvalue weighted by atomic mass is 9.99. The first kappa shape index (κ1) is 18.4. The fourth-order valence-corrected chi connectivity index (χ4v) is 3.64. The van der Waals surface area contributed by atoms with Gasteiger partial charge in [-0.05, 0) is 25.0 Å². The zero-order chi connectivity index (χ0) is 20.7. The molecule has 1 aliphatic heterocycles. The molecule has 1 aliphatic rings.